The fourth-order valence-corrected chi connectivity index (χ4v) is 4.31. The van der Waals surface area contributed by atoms with E-state index in [4.69, 9.17) is 9.15 Å². The van der Waals surface area contributed by atoms with Crippen LogP contribution in [-0.4, -0.2) is 60.1 Å². The van der Waals surface area contributed by atoms with E-state index in [0.29, 0.717) is 25.0 Å². The molecule has 0 radical (unpaired) electrons. The summed E-state index contributed by atoms with van der Waals surface area (Å²) in [6.07, 6.45) is 1.84. The summed E-state index contributed by atoms with van der Waals surface area (Å²) in [5.74, 6) is 2.06. The fourth-order valence-electron chi connectivity index (χ4n) is 3.68. The number of hydrogen-bond acceptors (Lipinski definition) is 6. The Labute approximate surface area is 157 Å². The minimum absolute atomic E-state index is 0.157. The average Bonchev–Trinajstić information content (AvgIpc) is 3.33. The van der Waals surface area contributed by atoms with E-state index >= 15 is 0 Å². The van der Waals surface area contributed by atoms with Gasteiger partial charge in [0, 0.05) is 36.5 Å². The maximum absolute atomic E-state index is 12.6. The molecule has 140 valence electrons. The predicted molar refractivity (Wildman–Crippen MR) is 100.0 cm³/mol. The van der Waals surface area contributed by atoms with Crippen LogP contribution in [0.25, 0.3) is 11.5 Å². The summed E-state index contributed by atoms with van der Waals surface area (Å²) < 4.78 is 11.2. The molecule has 2 aliphatic rings. The van der Waals surface area contributed by atoms with Gasteiger partial charge in [-0.05, 0) is 44.3 Å². The second-order valence-electron chi connectivity index (χ2n) is 7.02. The third kappa shape index (κ3) is 3.84. The van der Waals surface area contributed by atoms with Crippen LogP contribution < -0.4 is 0 Å². The van der Waals surface area contributed by atoms with E-state index in [0.717, 1.165) is 62.6 Å². The number of nitrogens with zero attached hydrogens (tertiary/aromatic N) is 3. The van der Waals surface area contributed by atoms with Crippen molar-refractivity contribution in [1.82, 2.24) is 14.8 Å². The molecule has 2 fully saturated rings. The summed E-state index contributed by atoms with van der Waals surface area (Å²) in [7, 11) is 0. The van der Waals surface area contributed by atoms with Gasteiger partial charge >= 0.3 is 0 Å². The van der Waals surface area contributed by atoms with Crippen molar-refractivity contribution in [3.8, 4) is 11.5 Å². The fraction of sp³-hybridized carbons (Fsp3) is 0.579. The van der Waals surface area contributed by atoms with Gasteiger partial charge in [-0.3, -0.25) is 9.69 Å². The van der Waals surface area contributed by atoms with Gasteiger partial charge in [0.2, 0.25) is 11.8 Å². The highest BCUT2D eigenvalue weighted by Crippen LogP contribution is 2.26. The van der Waals surface area contributed by atoms with Gasteiger partial charge in [0.1, 0.15) is 5.76 Å². The molecule has 0 atom stereocenters. The van der Waals surface area contributed by atoms with Crippen molar-refractivity contribution >= 4 is 17.2 Å². The van der Waals surface area contributed by atoms with E-state index in [2.05, 4.69) is 15.3 Å². The Bertz CT molecular complexity index is 729. The molecule has 0 aliphatic carbocycles. The summed E-state index contributed by atoms with van der Waals surface area (Å²) in [5.41, 5.74) is 2.04. The number of morpholine rings is 1. The lowest BCUT2D eigenvalue weighted by atomic mass is 9.95. The normalized spacial score (nSPS) is 19.8. The van der Waals surface area contributed by atoms with Gasteiger partial charge in [-0.15, -0.1) is 0 Å². The molecular weight excluding hydrogens is 350 g/mol. The largest absolute Gasteiger partial charge is 0.441 e. The molecule has 2 aliphatic heterocycles. The van der Waals surface area contributed by atoms with Crippen molar-refractivity contribution in [1.29, 1.82) is 0 Å². The molecule has 0 saturated carbocycles. The number of aromatic nitrogens is 1. The number of oxazole rings is 1. The molecule has 7 heteroatoms. The van der Waals surface area contributed by atoms with Crippen molar-refractivity contribution in [2.45, 2.75) is 26.3 Å². The Morgan fingerprint density at radius 3 is 2.73 bits per heavy atom. The quantitative estimate of drug-likeness (QED) is 0.822. The Balaban J connectivity index is 1.32. The second kappa shape index (κ2) is 7.90. The number of thiophene rings is 1. The predicted octanol–water partition coefficient (Wildman–Crippen LogP) is 2.78. The zero-order chi connectivity index (χ0) is 17.9. The Morgan fingerprint density at radius 2 is 2.04 bits per heavy atom. The molecule has 2 saturated heterocycles. The molecule has 2 aromatic heterocycles. The smallest absolute Gasteiger partial charge is 0.227 e. The van der Waals surface area contributed by atoms with Crippen LogP contribution in [0.2, 0.25) is 0 Å². The Hall–Kier alpha value is -1.70. The lowest BCUT2D eigenvalue weighted by Crippen LogP contribution is -2.46. The molecule has 1 amide bonds. The molecule has 4 heterocycles. The maximum Gasteiger partial charge on any atom is 0.227 e. The van der Waals surface area contributed by atoms with Crippen molar-refractivity contribution in [3.63, 3.8) is 0 Å². The van der Waals surface area contributed by atoms with Crippen molar-refractivity contribution < 1.29 is 13.9 Å². The highest BCUT2D eigenvalue weighted by atomic mass is 32.1. The molecule has 6 nitrogen and oxygen atoms in total. The van der Waals surface area contributed by atoms with Crippen molar-refractivity contribution in [2.24, 2.45) is 5.92 Å². The number of likely N-dealkylation sites (tertiary alicyclic amines) is 1. The summed E-state index contributed by atoms with van der Waals surface area (Å²) in [5, 5.41) is 4.09. The summed E-state index contributed by atoms with van der Waals surface area (Å²) in [4.78, 5) is 21.7. The lowest BCUT2D eigenvalue weighted by molar-refractivity contribution is -0.141. The number of hydrogen-bond donors (Lipinski definition) is 0. The SMILES string of the molecule is Cc1oc(-c2ccsc2)nc1CN1CCC(C(=O)N2CCOCC2)CC1. The van der Waals surface area contributed by atoms with Crippen LogP contribution in [0.3, 0.4) is 0 Å². The van der Waals surface area contributed by atoms with Crippen molar-refractivity contribution in [3.05, 3.63) is 28.3 Å². The first-order valence-electron chi connectivity index (χ1n) is 9.28. The zero-order valence-electron chi connectivity index (χ0n) is 15.1. The first-order chi connectivity index (χ1) is 12.7. The second-order valence-corrected chi connectivity index (χ2v) is 7.80. The highest BCUT2D eigenvalue weighted by molar-refractivity contribution is 7.08. The van der Waals surface area contributed by atoms with Crippen LogP contribution in [0, 0.1) is 12.8 Å². The van der Waals surface area contributed by atoms with Gasteiger partial charge in [0.05, 0.1) is 18.9 Å². The monoisotopic (exact) mass is 375 g/mol. The van der Waals surface area contributed by atoms with E-state index < -0.39 is 0 Å². The van der Waals surface area contributed by atoms with E-state index in [-0.39, 0.29) is 5.92 Å². The van der Waals surface area contributed by atoms with Crippen LogP contribution >= 0.6 is 11.3 Å². The van der Waals surface area contributed by atoms with Crippen LogP contribution in [-0.2, 0) is 16.1 Å². The molecule has 4 rings (SSSR count). The molecule has 0 aromatic carbocycles. The summed E-state index contributed by atoms with van der Waals surface area (Å²) >= 11 is 1.65. The average molecular weight is 375 g/mol. The summed E-state index contributed by atoms with van der Waals surface area (Å²) in [6, 6.07) is 2.03. The van der Waals surface area contributed by atoms with Gasteiger partial charge in [-0.25, -0.2) is 4.98 Å². The standard InChI is InChI=1S/C19H25N3O3S/c1-14-17(20-18(25-14)16-4-11-26-13-16)12-21-5-2-15(3-6-21)19(23)22-7-9-24-10-8-22/h4,11,13,15H,2-3,5-10,12H2,1H3. The lowest BCUT2D eigenvalue weighted by Gasteiger charge is -2.35. The summed E-state index contributed by atoms with van der Waals surface area (Å²) in [6.45, 7) is 7.45. The molecule has 0 bridgehead atoms. The van der Waals surface area contributed by atoms with Gasteiger partial charge in [0.15, 0.2) is 0 Å². The number of carbonyl (C=O) groups is 1. The Morgan fingerprint density at radius 1 is 1.27 bits per heavy atom. The van der Waals surface area contributed by atoms with Gasteiger partial charge in [-0.2, -0.15) is 11.3 Å². The number of amides is 1. The Kier molecular flexibility index (Phi) is 5.38. The number of ether oxygens (including phenoxy) is 1. The van der Waals surface area contributed by atoms with E-state index in [1.165, 1.54) is 0 Å². The molecule has 0 spiro atoms. The maximum atomic E-state index is 12.6. The van der Waals surface area contributed by atoms with Crippen LogP contribution in [0.5, 0.6) is 0 Å². The van der Waals surface area contributed by atoms with E-state index in [9.17, 15) is 4.79 Å². The molecule has 0 unspecified atom stereocenters. The van der Waals surface area contributed by atoms with Crippen LogP contribution in [0.15, 0.2) is 21.2 Å². The molecule has 0 N–H and O–H groups in total. The van der Waals surface area contributed by atoms with Crippen LogP contribution in [0.4, 0.5) is 0 Å². The molecule has 26 heavy (non-hydrogen) atoms. The van der Waals surface area contributed by atoms with Gasteiger partial charge < -0.3 is 14.1 Å². The number of carbonyl (C=O) groups excluding carboxylic acids is 1. The highest BCUT2D eigenvalue weighted by Gasteiger charge is 2.29. The first kappa shape index (κ1) is 17.7. The zero-order valence-corrected chi connectivity index (χ0v) is 16.0. The first-order valence-corrected chi connectivity index (χ1v) is 10.2. The molecular formula is C19H25N3O3S. The number of rotatable bonds is 4. The minimum Gasteiger partial charge on any atom is -0.441 e. The molecule has 2 aromatic rings. The minimum atomic E-state index is 0.157. The third-order valence-corrected chi connectivity index (χ3v) is 5.98. The topological polar surface area (TPSA) is 58.8 Å². The number of aryl methyl sites for hydroxylation is 1. The van der Waals surface area contributed by atoms with E-state index in [1.54, 1.807) is 11.3 Å². The van der Waals surface area contributed by atoms with Gasteiger partial charge in [0.25, 0.3) is 0 Å². The van der Waals surface area contributed by atoms with Crippen molar-refractivity contribution in [2.75, 3.05) is 39.4 Å². The van der Waals surface area contributed by atoms with E-state index in [1.807, 2.05) is 23.3 Å². The van der Waals surface area contributed by atoms with Gasteiger partial charge in [-0.1, -0.05) is 0 Å². The number of piperidine rings is 1. The third-order valence-electron chi connectivity index (χ3n) is 5.29. The van der Waals surface area contributed by atoms with Crippen LogP contribution in [0.1, 0.15) is 24.3 Å².